The average Bonchev–Trinajstić information content (AvgIpc) is 2.94. The molecule has 0 saturated heterocycles. The first kappa shape index (κ1) is 13.8. The van der Waals surface area contributed by atoms with E-state index in [1.165, 1.54) is 11.3 Å². The second kappa shape index (κ2) is 6.53. The Hall–Kier alpha value is -1.61. The number of amides is 1. The van der Waals surface area contributed by atoms with Crippen molar-refractivity contribution in [2.45, 2.75) is 19.8 Å². The van der Waals surface area contributed by atoms with E-state index in [4.69, 9.17) is 0 Å². The molecule has 0 unspecified atom stereocenters. The Labute approximate surface area is 118 Å². The van der Waals surface area contributed by atoms with E-state index in [-0.39, 0.29) is 5.91 Å². The molecule has 1 heterocycles. The minimum atomic E-state index is 0.127. The Morgan fingerprint density at radius 2 is 1.95 bits per heavy atom. The van der Waals surface area contributed by atoms with Crippen molar-refractivity contribution in [1.82, 2.24) is 4.90 Å². The molecule has 1 aromatic carbocycles. The molecular weight excluding hydrogens is 254 g/mol. The molecule has 0 fully saturated rings. The molecule has 0 saturated carbocycles. The lowest BCUT2D eigenvalue weighted by Gasteiger charge is -2.16. The third-order valence-corrected chi connectivity index (χ3v) is 4.04. The highest BCUT2D eigenvalue weighted by Crippen LogP contribution is 2.29. The lowest BCUT2D eigenvalue weighted by atomic mass is 10.1. The van der Waals surface area contributed by atoms with Gasteiger partial charge in [-0.15, -0.1) is 11.3 Å². The summed E-state index contributed by atoms with van der Waals surface area (Å²) in [6, 6.07) is 12.1. The first-order valence-corrected chi connectivity index (χ1v) is 7.50. The lowest BCUT2D eigenvalue weighted by molar-refractivity contribution is 0.0798. The van der Waals surface area contributed by atoms with Crippen LogP contribution in [0.2, 0.25) is 0 Å². The van der Waals surface area contributed by atoms with Crippen LogP contribution in [0.3, 0.4) is 0 Å². The van der Waals surface area contributed by atoms with E-state index in [0.717, 1.165) is 35.4 Å². The van der Waals surface area contributed by atoms with Gasteiger partial charge in [-0.25, -0.2) is 0 Å². The summed E-state index contributed by atoms with van der Waals surface area (Å²) in [6.07, 6.45) is 2.15. The highest BCUT2D eigenvalue weighted by atomic mass is 32.1. The fraction of sp³-hybridized carbons (Fsp3) is 0.312. The number of carbonyl (C=O) groups is 1. The Kier molecular flexibility index (Phi) is 4.74. The predicted octanol–water partition coefficient (Wildman–Crippen LogP) is 4.29. The summed E-state index contributed by atoms with van der Waals surface area (Å²) in [5, 5.41) is 1.99. The van der Waals surface area contributed by atoms with E-state index < -0.39 is 0 Å². The molecule has 2 rings (SSSR count). The molecule has 100 valence electrons. The van der Waals surface area contributed by atoms with Crippen LogP contribution in [0.5, 0.6) is 0 Å². The van der Waals surface area contributed by atoms with Crippen molar-refractivity contribution >= 4 is 17.2 Å². The predicted molar refractivity (Wildman–Crippen MR) is 81.6 cm³/mol. The van der Waals surface area contributed by atoms with Gasteiger partial charge in [-0.3, -0.25) is 4.79 Å². The monoisotopic (exact) mass is 273 g/mol. The smallest absolute Gasteiger partial charge is 0.264 e. The molecule has 2 aromatic rings. The largest absolute Gasteiger partial charge is 0.341 e. The van der Waals surface area contributed by atoms with Crippen molar-refractivity contribution in [3.63, 3.8) is 0 Å². The van der Waals surface area contributed by atoms with Crippen LogP contribution in [-0.2, 0) is 0 Å². The molecule has 3 heteroatoms. The quantitative estimate of drug-likeness (QED) is 0.796. The number of hydrogen-bond donors (Lipinski definition) is 0. The lowest BCUT2D eigenvalue weighted by Crippen LogP contribution is -2.27. The van der Waals surface area contributed by atoms with Crippen molar-refractivity contribution in [1.29, 1.82) is 0 Å². The fourth-order valence-electron chi connectivity index (χ4n) is 1.99. The van der Waals surface area contributed by atoms with Crippen LogP contribution < -0.4 is 0 Å². The van der Waals surface area contributed by atoms with Gasteiger partial charge in [-0.1, -0.05) is 43.7 Å². The first-order chi connectivity index (χ1) is 9.24. The summed E-state index contributed by atoms with van der Waals surface area (Å²) in [5.41, 5.74) is 2.15. The minimum Gasteiger partial charge on any atom is -0.341 e. The van der Waals surface area contributed by atoms with Crippen LogP contribution in [0, 0.1) is 0 Å². The van der Waals surface area contributed by atoms with Gasteiger partial charge in [0, 0.05) is 19.2 Å². The molecule has 0 atom stereocenters. The first-order valence-electron chi connectivity index (χ1n) is 6.62. The number of rotatable bonds is 5. The molecule has 19 heavy (non-hydrogen) atoms. The Bertz CT molecular complexity index is 533. The molecular formula is C16H19NOS. The maximum absolute atomic E-state index is 12.4. The number of unbranched alkanes of at least 4 members (excludes halogenated alkanes) is 1. The number of nitrogens with zero attached hydrogens (tertiary/aromatic N) is 1. The number of thiophene rings is 1. The van der Waals surface area contributed by atoms with E-state index in [9.17, 15) is 4.79 Å². The van der Waals surface area contributed by atoms with E-state index in [0.29, 0.717) is 0 Å². The maximum atomic E-state index is 12.4. The third-order valence-electron chi connectivity index (χ3n) is 3.14. The summed E-state index contributed by atoms with van der Waals surface area (Å²) in [5.74, 6) is 0.127. The van der Waals surface area contributed by atoms with E-state index in [1.54, 1.807) is 0 Å². The third kappa shape index (κ3) is 3.24. The number of benzene rings is 1. The van der Waals surface area contributed by atoms with Gasteiger partial charge >= 0.3 is 0 Å². The van der Waals surface area contributed by atoms with E-state index in [1.807, 2.05) is 53.7 Å². The van der Waals surface area contributed by atoms with Gasteiger partial charge in [0.25, 0.3) is 5.91 Å². The Morgan fingerprint density at radius 1 is 1.21 bits per heavy atom. The summed E-state index contributed by atoms with van der Waals surface area (Å²) < 4.78 is 0. The van der Waals surface area contributed by atoms with Gasteiger partial charge in [0.05, 0.1) is 4.88 Å². The van der Waals surface area contributed by atoms with Gasteiger partial charge in [-0.2, -0.15) is 0 Å². The van der Waals surface area contributed by atoms with Gasteiger partial charge in [0.1, 0.15) is 0 Å². The van der Waals surface area contributed by atoms with Crippen molar-refractivity contribution in [2.24, 2.45) is 0 Å². The van der Waals surface area contributed by atoms with Crippen LogP contribution in [0.1, 0.15) is 29.4 Å². The van der Waals surface area contributed by atoms with Crippen molar-refractivity contribution < 1.29 is 4.79 Å². The highest BCUT2D eigenvalue weighted by Gasteiger charge is 2.17. The van der Waals surface area contributed by atoms with Crippen LogP contribution in [0.4, 0.5) is 0 Å². The molecule has 0 aliphatic rings. The fourth-order valence-corrected chi connectivity index (χ4v) is 2.90. The number of carbonyl (C=O) groups excluding carboxylic acids is 1. The molecule has 0 bridgehead atoms. The van der Waals surface area contributed by atoms with Crippen molar-refractivity contribution in [3.05, 3.63) is 46.7 Å². The zero-order chi connectivity index (χ0) is 13.7. The topological polar surface area (TPSA) is 20.3 Å². The van der Waals surface area contributed by atoms with Crippen molar-refractivity contribution in [2.75, 3.05) is 13.6 Å². The zero-order valence-corrected chi connectivity index (χ0v) is 12.2. The second-order valence-corrected chi connectivity index (χ2v) is 5.53. The summed E-state index contributed by atoms with van der Waals surface area (Å²) in [6.45, 7) is 2.96. The highest BCUT2D eigenvalue weighted by molar-refractivity contribution is 7.12. The summed E-state index contributed by atoms with van der Waals surface area (Å²) in [7, 11) is 1.88. The standard InChI is InChI=1S/C16H19NOS/c1-3-4-11-17(2)16(18)15-14(10-12-19-15)13-8-6-5-7-9-13/h5-10,12H,3-4,11H2,1-2H3. The van der Waals surface area contributed by atoms with Crippen LogP contribution in [-0.4, -0.2) is 24.4 Å². The molecule has 0 N–H and O–H groups in total. The maximum Gasteiger partial charge on any atom is 0.264 e. The van der Waals surface area contributed by atoms with Crippen LogP contribution in [0.25, 0.3) is 11.1 Å². The molecule has 0 aliphatic carbocycles. The van der Waals surface area contributed by atoms with Crippen LogP contribution in [0.15, 0.2) is 41.8 Å². The molecule has 0 aliphatic heterocycles. The molecule has 2 nitrogen and oxygen atoms in total. The zero-order valence-electron chi connectivity index (χ0n) is 11.4. The molecule has 0 radical (unpaired) electrons. The van der Waals surface area contributed by atoms with Crippen LogP contribution >= 0.6 is 11.3 Å². The Morgan fingerprint density at radius 3 is 2.63 bits per heavy atom. The molecule has 1 aromatic heterocycles. The Balaban J connectivity index is 2.22. The SMILES string of the molecule is CCCCN(C)C(=O)c1sccc1-c1ccccc1. The number of hydrogen-bond acceptors (Lipinski definition) is 2. The van der Waals surface area contributed by atoms with Gasteiger partial charge in [0.15, 0.2) is 0 Å². The van der Waals surface area contributed by atoms with E-state index >= 15 is 0 Å². The summed E-state index contributed by atoms with van der Waals surface area (Å²) >= 11 is 1.52. The van der Waals surface area contributed by atoms with Crippen molar-refractivity contribution in [3.8, 4) is 11.1 Å². The molecule has 0 spiro atoms. The van der Waals surface area contributed by atoms with Gasteiger partial charge < -0.3 is 4.90 Å². The summed E-state index contributed by atoms with van der Waals surface area (Å²) in [4.78, 5) is 15.1. The normalized spacial score (nSPS) is 10.4. The average molecular weight is 273 g/mol. The second-order valence-electron chi connectivity index (χ2n) is 4.61. The molecule has 1 amide bonds. The van der Waals surface area contributed by atoms with Gasteiger partial charge in [0.2, 0.25) is 0 Å². The minimum absolute atomic E-state index is 0.127. The van der Waals surface area contributed by atoms with E-state index in [2.05, 4.69) is 6.92 Å². The van der Waals surface area contributed by atoms with Gasteiger partial charge in [-0.05, 0) is 23.4 Å².